The zero-order valence-corrected chi connectivity index (χ0v) is 15.4. The fourth-order valence-electron chi connectivity index (χ4n) is 3.13. The summed E-state index contributed by atoms with van der Waals surface area (Å²) < 4.78 is 1.74. The average molecular weight is 359 g/mol. The Hall–Kier alpha value is -1.89. The monoisotopic (exact) mass is 359 g/mol. The Kier molecular flexibility index (Phi) is 6.44. The number of aromatic nitrogens is 4. The van der Waals surface area contributed by atoms with Crippen LogP contribution in [-0.4, -0.2) is 37.9 Å². The van der Waals surface area contributed by atoms with E-state index in [4.69, 9.17) is 0 Å². The number of benzene rings is 1. The Labute approximate surface area is 152 Å². The van der Waals surface area contributed by atoms with Crippen LogP contribution >= 0.6 is 11.8 Å². The Balaban J connectivity index is 1.51. The van der Waals surface area contributed by atoms with E-state index in [1.807, 2.05) is 37.3 Å². The van der Waals surface area contributed by atoms with E-state index < -0.39 is 0 Å². The van der Waals surface area contributed by atoms with Crippen molar-refractivity contribution in [3.63, 3.8) is 0 Å². The fraction of sp³-hybridized carbons (Fsp3) is 0.556. The number of thioether (sulfide) groups is 1. The van der Waals surface area contributed by atoms with Crippen molar-refractivity contribution in [3.8, 4) is 0 Å². The Morgan fingerprint density at radius 1 is 1.28 bits per heavy atom. The molecule has 7 heteroatoms. The van der Waals surface area contributed by atoms with Crippen LogP contribution in [0.15, 0.2) is 35.5 Å². The van der Waals surface area contributed by atoms with Gasteiger partial charge in [-0.25, -0.2) is 4.68 Å². The molecule has 1 aromatic carbocycles. The second-order valence-electron chi connectivity index (χ2n) is 6.61. The highest BCUT2D eigenvalue weighted by molar-refractivity contribution is 8.00. The first-order chi connectivity index (χ1) is 12.2. The molecule has 1 heterocycles. The highest BCUT2D eigenvalue weighted by Gasteiger charge is 2.20. The van der Waals surface area contributed by atoms with Gasteiger partial charge in [-0.1, -0.05) is 61.4 Å². The number of carbonyl (C=O) groups excluding carboxylic acids is 1. The smallest absolute Gasteiger partial charge is 0.233 e. The van der Waals surface area contributed by atoms with Gasteiger partial charge in [0.1, 0.15) is 0 Å². The summed E-state index contributed by atoms with van der Waals surface area (Å²) in [7, 11) is 0. The maximum atomic E-state index is 12.4. The van der Waals surface area contributed by atoms with E-state index in [1.165, 1.54) is 43.9 Å². The van der Waals surface area contributed by atoms with Crippen molar-refractivity contribution < 1.29 is 4.79 Å². The number of hydrogen-bond acceptors (Lipinski definition) is 5. The summed E-state index contributed by atoms with van der Waals surface area (Å²) in [5.41, 5.74) is 1.13. The minimum atomic E-state index is -0.218. The molecule has 2 aromatic rings. The van der Waals surface area contributed by atoms with Crippen LogP contribution in [0.25, 0.3) is 0 Å². The molecular weight excluding hydrogens is 334 g/mol. The van der Waals surface area contributed by atoms with Gasteiger partial charge in [0.15, 0.2) is 0 Å². The van der Waals surface area contributed by atoms with Crippen molar-refractivity contribution in [2.24, 2.45) is 5.92 Å². The maximum absolute atomic E-state index is 12.4. The molecule has 1 fully saturated rings. The van der Waals surface area contributed by atoms with Gasteiger partial charge >= 0.3 is 0 Å². The SMILES string of the molecule is CC(Sc1nnnn1Cc1ccccc1)C(=O)NCC1CCCCC1. The Morgan fingerprint density at radius 2 is 2.04 bits per heavy atom. The number of rotatable bonds is 7. The minimum Gasteiger partial charge on any atom is -0.355 e. The molecule has 1 N–H and O–H groups in total. The van der Waals surface area contributed by atoms with Crippen LogP contribution in [0.3, 0.4) is 0 Å². The molecule has 1 saturated carbocycles. The molecule has 6 nitrogen and oxygen atoms in total. The topological polar surface area (TPSA) is 72.7 Å². The summed E-state index contributed by atoms with van der Waals surface area (Å²) in [4.78, 5) is 12.4. The third kappa shape index (κ3) is 5.29. The van der Waals surface area contributed by atoms with Crippen molar-refractivity contribution in [2.75, 3.05) is 6.54 Å². The Bertz CT molecular complexity index is 669. The number of hydrogen-bond donors (Lipinski definition) is 1. The average Bonchev–Trinajstić information content (AvgIpc) is 3.08. The second kappa shape index (κ2) is 8.99. The predicted molar refractivity (Wildman–Crippen MR) is 98.3 cm³/mol. The highest BCUT2D eigenvalue weighted by atomic mass is 32.2. The van der Waals surface area contributed by atoms with Crippen LogP contribution in [0.2, 0.25) is 0 Å². The van der Waals surface area contributed by atoms with E-state index in [0.29, 0.717) is 17.6 Å². The van der Waals surface area contributed by atoms with E-state index in [9.17, 15) is 4.79 Å². The molecule has 3 rings (SSSR count). The molecule has 1 aliphatic rings. The number of carbonyl (C=O) groups is 1. The molecule has 0 saturated heterocycles. The molecule has 0 radical (unpaired) electrons. The zero-order valence-electron chi connectivity index (χ0n) is 14.6. The van der Waals surface area contributed by atoms with Gasteiger partial charge in [-0.05, 0) is 41.7 Å². The van der Waals surface area contributed by atoms with Crippen LogP contribution in [0.5, 0.6) is 0 Å². The van der Waals surface area contributed by atoms with Crippen molar-refractivity contribution in [1.29, 1.82) is 0 Å². The summed E-state index contributed by atoms with van der Waals surface area (Å²) in [5, 5.41) is 15.4. The molecule has 25 heavy (non-hydrogen) atoms. The normalized spacial score (nSPS) is 16.5. The first-order valence-electron chi connectivity index (χ1n) is 8.97. The third-order valence-corrected chi connectivity index (χ3v) is 5.69. The molecule has 1 amide bonds. The summed E-state index contributed by atoms with van der Waals surface area (Å²) in [6.07, 6.45) is 6.38. The van der Waals surface area contributed by atoms with E-state index in [-0.39, 0.29) is 11.2 Å². The van der Waals surface area contributed by atoms with Gasteiger partial charge in [0.05, 0.1) is 11.8 Å². The van der Waals surface area contributed by atoms with E-state index in [0.717, 1.165) is 12.1 Å². The van der Waals surface area contributed by atoms with Gasteiger partial charge in [0.25, 0.3) is 0 Å². The second-order valence-corrected chi connectivity index (χ2v) is 7.92. The lowest BCUT2D eigenvalue weighted by Crippen LogP contribution is -2.35. The van der Waals surface area contributed by atoms with Gasteiger partial charge in [-0.15, -0.1) is 5.10 Å². The van der Waals surface area contributed by atoms with Crippen molar-refractivity contribution in [1.82, 2.24) is 25.5 Å². The van der Waals surface area contributed by atoms with Crippen molar-refractivity contribution >= 4 is 17.7 Å². The lowest BCUT2D eigenvalue weighted by Gasteiger charge is -2.22. The minimum absolute atomic E-state index is 0.0600. The summed E-state index contributed by atoms with van der Waals surface area (Å²) in [6.45, 7) is 3.30. The lowest BCUT2D eigenvalue weighted by atomic mass is 9.89. The number of amides is 1. The first-order valence-corrected chi connectivity index (χ1v) is 9.85. The molecule has 0 spiro atoms. The molecule has 0 aliphatic heterocycles. The first kappa shape index (κ1) is 17.9. The molecule has 134 valence electrons. The standard InChI is InChI=1S/C18H25N5OS/c1-14(17(24)19-12-15-8-4-2-5-9-15)25-18-20-21-22-23(18)13-16-10-6-3-7-11-16/h3,6-7,10-11,14-15H,2,4-5,8-9,12-13H2,1H3,(H,19,24). The molecular formula is C18H25N5OS. The Morgan fingerprint density at radius 3 is 2.80 bits per heavy atom. The van der Waals surface area contributed by atoms with E-state index in [1.54, 1.807) is 4.68 Å². The van der Waals surface area contributed by atoms with E-state index >= 15 is 0 Å². The van der Waals surface area contributed by atoms with Crippen LogP contribution < -0.4 is 5.32 Å². The highest BCUT2D eigenvalue weighted by Crippen LogP contribution is 2.24. The van der Waals surface area contributed by atoms with Crippen LogP contribution in [0.4, 0.5) is 0 Å². The zero-order chi connectivity index (χ0) is 17.5. The molecule has 1 aliphatic carbocycles. The van der Waals surface area contributed by atoms with Gasteiger partial charge < -0.3 is 5.32 Å². The van der Waals surface area contributed by atoms with Crippen molar-refractivity contribution in [3.05, 3.63) is 35.9 Å². The molecule has 1 aromatic heterocycles. The fourth-order valence-corrected chi connectivity index (χ4v) is 3.94. The lowest BCUT2D eigenvalue weighted by molar-refractivity contribution is -0.120. The third-order valence-electron chi connectivity index (χ3n) is 4.62. The number of nitrogens with one attached hydrogen (secondary N) is 1. The maximum Gasteiger partial charge on any atom is 0.233 e. The number of nitrogens with zero attached hydrogens (tertiary/aromatic N) is 4. The van der Waals surface area contributed by atoms with E-state index in [2.05, 4.69) is 20.8 Å². The van der Waals surface area contributed by atoms with Gasteiger partial charge in [0, 0.05) is 6.54 Å². The summed E-state index contributed by atoms with van der Waals surface area (Å²) in [6, 6.07) is 10.0. The van der Waals surface area contributed by atoms with Gasteiger partial charge in [-0.3, -0.25) is 4.79 Å². The largest absolute Gasteiger partial charge is 0.355 e. The van der Waals surface area contributed by atoms with Crippen molar-refractivity contribution in [2.45, 2.75) is 56.0 Å². The summed E-state index contributed by atoms with van der Waals surface area (Å²) >= 11 is 1.41. The van der Waals surface area contributed by atoms with Gasteiger partial charge in [0.2, 0.25) is 11.1 Å². The molecule has 1 unspecified atom stereocenters. The quantitative estimate of drug-likeness (QED) is 0.770. The summed E-state index contributed by atoms with van der Waals surface area (Å²) in [5.74, 6) is 0.697. The molecule has 1 atom stereocenters. The molecule has 0 bridgehead atoms. The van der Waals surface area contributed by atoms with Gasteiger partial charge in [-0.2, -0.15) is 0 Å². The number of tetrazole rings is 1. The van der Waals surface area contributed by atoms with Crippen LogP contribution in [-0.2, 0) is 11.3 Å². The van der Waals surface area contributed by atoms with Crippen LogP contribution in [0.1, 0.15) is 44.6 Å². The predicted octanol–water partition coefficient (Wildman–Crippen LogP) is 2.90. The van der Waals surface area contributed by atoms with Crippen LogP contribution in [0, 0.1) is 5.92 Å².